The van der Waals surface area contributed by atoms with Gasteiger partial charge in [0, 0.05) is 22.8 Å². The molecule has 4 aromatic rings. The second-order valence-electron chi connectivity index (χ2n) is 4.80. The number of hydrogen-bond donors (Lipinski definition) is 1. The molecule has 3 heterocycles. The number of hydrogen-bond acceptors (Lipinski definition) is 2. The van der Waals surface area contributed by atoms with E-state index in [2.05, 4.69) is 44.5 Å². The topological polar surface area (TPSA) is 46.0 Å². The highest BCUT2D eigenvalue weighted by Gasteiger charge is 2.13. The SMILES string of the molecule is CCCc1ccnc2nc3c4ccccc4[nH]c3n12. The molecule has 0 aliphatic rings. The number of fused-ring (bicyclic) bond motifs is 5. The van der Waals surface area contributed by atoms with Crippen molar-refractivity contribution in [1.29, 1.82) is 0 Å². The van der Waals surface area contributed by atoms with Gasteiger partial charge in [-0.05, 0) is 18.6 Å². The fourth-order valence-electron chi connectivity index (χ4n) is 2.71. The molecule has 0 aliphatic carbocycles. The Labute approximate surface area is 110 Å². The van der Waals surface area contributed by atoms with Gasteiger partial charge in [-0.3, -0.25) is 4.40 Å². The van der Waals surface area contributed by atoms with Crippen molar-refractivity contribution >= 4 is 27.8 Å². The maximum Gasteiger partial charge on any atom is 0.236 e. The lowest BCUT2D eigenvalue weighted by atomic mass is 10.2. The van der Waals surface area contributed by atoms with E-state index in [1.165, 1.54) is 5.69 Å². The third kappa shape index (κ3) is 1.40. The largest absolute Gasteiger partial charge is 0.339 e. The summed E-state index contributed by atoms with van der Waals surface area (Å²) in [5.74, 6) is 0.776. The van der Waals surface area contributed by atoms with Gasteiger partial charge in [0.1, 0.15) is 11.2 Å². The molecule has 0 aliphatic heterocycles. The van der Waals surface area contributed by atoms with Crippen LogP contribution in [0.2, 0.25) is 0 Å². The number of para-hydroxylation sites is 1. The molecule has 0 amide bonds. The van der Waals surface area contributed by atoms with E-state index in [1.807, 2.05) is 18.3 Å². The van der Waals surface area contributed by atoms with Crippen LogP contribution in [0, 0.1) is 0 Å². The first-order valence-electron chi connectivity index (χ1n) is 6.61. The van der Waals surface area contributed by atoms with Crippen LogP contribution in [0.4, 0.5) is 0 Å². The minimum Gasteiger partial charge on any atom is -0.339 e. The van der Waals surface area contributed by atoms with Crippen LogP contribution in [0.25, 0.3) is 27.8 Å². The van der Waals surface area contributed by atoms with Gasteiger partial charge in [0.15, 0.2) is 0 Å². The monoisotopic (exact) mass is 250 g/mol. The zero-order valence-electron chi connectivity index (χ0n) is 10.7. The summed E-state index contributed by atoms with van der Waals surface area (Å²) in [7, 11) is 0. The van der Waals surface area contributed by atoms with Crippen molar-refractivity contribution in [2.45, 2.75) is 19.8 Å². The van der Waals surface area contributed by atoms with Crippen LogP contribution in [0.1, 0.15) is 19.0 Å². The fraction of sp³-hybridized carbons (Fsp3) is 0.200. The lowest BCUT2D eigenvalue weighted by Crippen LogP contribution is -1.98. The molecule has 94 valence electrons. The molecule has 0 spiro atoms. The Morgan fingerprint density at radius 3 is 3.00 bits per heavy atom. The van der Waals surface area contributed by atoms with E-state index in [0.717, 1.165) is 40.7 Å². The van der Waals surface area contributed by atoms with Gasteiger partial charge in [0.05, 0.1) is 0 Å². The second-order valence-corrected chi connectivity index (χ2v) is 4.80. The van der Waals surface area contributed by atoms with E-state index < -0.39 is 0 Å². The Morgan fingerprint density at radius 1 is 1.21 bits per heavy atom. The van der Waals surface area contributed by atoms with Crippen LogP contribution >= 0.6 is 0 Å². The molecule has 0 fully saturated rings. The quantitative estimate of drug-likeness (QED) is 0.593. The smallest absolute Gasteiger partial charge is 0.236 e. The van der Waals surface area contributed by atoms with E-state index in [-0.39, 0.29) is 0 Å². The zero-order chi connectivity index (χ0) is 12.8. The highest BCUT2D eigenvalue weighted by Crippen LogP contribution is 2.26. The summed E-state index contributed by atoms with van der Waals surface area (Å²) in [5, 5.41) is 1.16. The van der Waals surface area contributed by atoms with Gasteiger partial charge in [-0.15, -0.1) is 0 Å². The van der Waals surface area contributed by atoms with Crippen molar-refractivity contribution in [2.75, 3.05) is 0 Å². The molecule has 0 saturated carbocycles. The highest BCUT2D eigenvalue weighted by atomic mass is 15.1. The summed E-state index contributed by atoms with van der Waals surface area (Å²) in [6.45, 7) is 2.19. The lowest BCUT2D eigenvalue weighted by Gasteiger charge is -2.02. The summed E-state index contributed by atoms with van der Waals surface area (Å²) in [5.41, 5.74) is 4.43. The van der Waals surface area contributed by atoms with Crippen molar-refractivity contribution in [2.24, 2.45) is 0 Å². The van der Waals surface area contributed by atoms with Crippen LogP contribution in [-0.4, -0.2) is 19.4 Å². The van der Waals surface area contributed by atoms with E-state index in [0.29, 0.717) is 0 Å². The van der Waals surface area contributed by atoms with Crippen molar-refractivity contribution in [1.82, 2.24) is 19.4 Å². The Morgan fingerprint density at radius 2 is 2.11 bits per heavy atom. The molecule has 0 bridgehead atoms. The number of nitrogens with zero attached hydrogens (tertiary/aromatic N) is 3. The maximum atomic E-state index is 4.67. The first-order chi connectivity index (χ1) is 9.38. The van der Waals surface area contributed by atoms with Crippen molar-refractivity contribution < 1.29 is 0 Å². The number of aromatic nitrogens is 4. The summed E-state index contributed by atoms with van der Waals surface area (Å²) >= 11 is 0. The highest BCUT2D eigenvalue weighted by molar-refractivity contribution is 6.05. The minimum atomic E-state index is 0.776. The predicted octanol–water partition coefficient (Wildman–Crippen LogP) is 3.32. The first-order valence-corrected chi connectivity index (χ1v) is 6.61. The number of nitrogens with one attached hydrogen (secondary N) is 1. The molecule has 0 radical (unpaired) electrons. The molecule has 1 aromatic carbocycles. The fourth-order valence-corrected chi connectivity index (χ4v) is 2.71. The molecule has 4 heteroatoms. The summed E-state index contributed by atoms with van der Waals surface area (Å²) in [6.07, 6.45) is 3.98. The molecule has 0 atom stereocenters. The van der Waals surface area contributed by atoms with Crippen molar-refractivity contribution in [3.63, 3.8) is 0 Å². The number of aryl methyl sites for hydroxylation is 1. The number of benzene rings is 1. The van der Waals surface area contributed by atoms with Crippen LogP contribution in [-0.2, 0) is 6.42 Å². The lowest BCUT2D eigenvalue weighted by molar-refractivity contribution is 0.857. The van der Waals surface area contributed by atoms with Gasteiger partial charge in [-0.25, -0.2) is 9.97 Å². The third-order valence-electron chi connectivity index (χ3n) is 3.55. The summed E-state index contributed by atoms with van der Waals surface area (Å²) in [6, 6.07) is 10.3. The van der Waals surface area contributed by atoms with Crippen molar-refractivity contribution in [3.05, 3.63) is 42.2 Å². The molecule has 0 saturated heterocycles. The standard InChI is InChI=1S/C15H14N4/c1-2-5-10-8-9-16-15-18-13-11-6-3-4-7-12(11)17-14(13)19(10)15/h3-4,6-9,17H,2,5H2,1H3. The van der Waals surface area contributed by atoms with Gasteiger partial charge >= 0.3 is 0 Å². The minimum absolute atomic E-state index is 0.776. The van der Waals surface area contributed by atoms with Gasteiger partial charge in [0.25, 0.3) is 0 Å². The van der Waals surface area contributed by atoms with E-state index >= 15 is 0 Å². The second kappa shape index (κ2) is 3.82. The van der Waals surface area contributed by atoms with E-state index in [4.69, 9.17) is 0 Å². The zero-order valence-corrected chi connectivity index (χ0v) is 10.7. The van der Waals surface area contributed by atoms with Crippen molar-refractivity contribution in [3.8, 4) is 0 Å². The van der Waals surface area contributed by atoms with Gasteiger partial charge in [-0.2, -0.15) is 0 Å². The Bertz CT molecular complexity index is 885. The molecule has 4 nitrogen and oxygen atoms in total. The van der Waals surface area contributed by atoms with Gasteiger partial charge < -0.3 is 4.98 Å². The first kappa shape index (κ1) is 10.6. The van der Waals surface area contributed by atoms with E-state index in [1.54, 1.807) is 0 Å². The molecule has 0 unspecified atom stereocenters. The molecule has 3 aromatic heterocycles. The Kier molecular flexibility index (Phi) is 2.12. The average molecular weight is 250 g/mol. The molecular formula is C15H14N4. The van der Waals surface area contributed by atoms with Gasteiger partial charge in [-0.1, -0.05) is 31.5 Å². The van der Waals surface area contributed by atoms with Gasteiger partial charge in [0.2, 0.25) is 5.78 Å². The normalized spacial score (nSPS) is 11.8. The number of rotatable bonds is 2. The molecule has 4 rings (SSSR count). The van der Waals surface area contributed by atoms with E-state index in [9.17, 15) is 0 Å². The summed E-state index contributed by atoms with van der Waals surface area (Å²) in [4.78, 5) is 12.5. The van der Waals surface area contributed by atoms with Crippen LogP contribution in [0.15, 0.2) is 36.5 Å². The summed E-state index contributed by atoms with van der Waals surface area (Å²) < 4.78 is 2.14. The third-order valence-corrected chi connectivity index (χ3v) is 3.55. The molecule has 19 heavy (non-hydrogen) atoms. The Hall–Kier alpha value is -2.36. The van der Waals surface area contributed by atoms with Crippen LogP contribution in [0.3, 0.4) is 0 Å². The Balaban J connectivity index is 2.19. The molecular weight excluding hydrogens is 236 g/mol. The maximum absolute atomic E-state index is 4.67. The average Bonchev–Trinajstić information content (AvgIpc) is 2.95. The van der Waals surface area contributed by atoms with Crippen LogP contribution < -0.4 is 0 Å². The number of imidazole rings is 1. The molecule has 1 N–H and O–H groups in total. The number of aromatic amines is 1. The number of H-pyrrole nitrogens is 1. The van der Waals surface area contributed by atoms with Crippen LogP contribution in [0.5, 0.6) is 0 Å². The predicted molar refractivity (Wildman–Crippen MR) is 76.3 cm³/mol.